The normalized spacial score (nSPS) is 28.6. The molecule has 0 aromatic rings. The van der Waals surface area contributed by atoms with Crippen molar-refractivity contribution in [3.05, 3.63) is 0 Å². The summed E-state index contributed by atoms with van der Waals surface area (Å²) in [5.41, 5.74) is 0.513. The molecule has 0 aromatic carbocycles. The Morgan fingerprint density at radius 1 is 1.00 bits per heavy atom. The highest BCUT2D eigenvalue weighted by atomic mass is 14.9. The van der Waals surface area contributed by atoms with Crippen molar-refractivity contribution in [2.75, 3.05) is 13.6 Å². The van der Waals surface area contributed by atoms with Gasteiger partial charge in [0.05, 0.1) is 0 Å². The minimum atomic E-state index is 0.513. The summed E-state index contributed by atoms with van der Waals surface area (Å²) in [4.78, 5) is 0. The van der Waals surface area contributed by atoms with Gasteiger partial charge in [0.15, 0.2) is 0 Å². The Morgan fingerprint density at radius 2 is 1.64 bits per heavy atom. The quantitative estimate of drug-likeness (QED) is 0.522. The second-order valence-corrected chi connectivity index (χ2v) is 5.55. The van der Waals surface area contributed by atoms with Crippen molar-refractivity contribution in [2.45, 2.75) is 58.8 Å². The topological polar surface area (TPSA) is 3.01 Å². The second kappa shape index (κ2) is 5.53. The first-order valence-corrected chi connectivity index (χ1v) is 6.14. The van der Waals surface area contributed by atoms with E-state index >= 15 is 0 Å². The molecule has 0 unspecified atom stereocenters. The van der Waals surface area contributed by atoms with E-state index < -0.39 is 0 Å². The molecule has 0 N–H and O–H groups in total. The molecule has 0 atom stereocenters. The third-order valence-corrected chi connectivity index (χ3v) is 3.32. The third kappa shape index (κ3) is 4.78. The van der Waals surface area contributed by atoms with Crippen LogP contribution in [0.25, 0.3) is 0 Å². The molecule has 0 spiro atoms. The van der Waals surface area contributed by atoms with Gasteiger partial charge in [-0.2, -0.15) is 0 Å². The van der Waals surface area contributed by atoms with Gasteiger partial charge in [0.25, 0.3) is 0 Å². The molecule has 0 aromatic heterocycles. The molecule has 1 nitrogen and oxygen atoms in total. The maximum Gasteiger partial charge on any atom is 0.142 e. The van der Waals surface area contributed by atoms with Gasteiger partial charge in [0.2, 0.25) is 0 Å². The van der Waals surface area contributed by atoms with Gasteiger partial charge in [-0.3, -0.25) is 0 Å². The average molecular weight is 196 g/mol. The van der Waals surface area contributed by atoms with Crippen LogP contribution in [0.15, 0.2) is 0 Å². The van der Waals surface area contributed by atoms with Gasteiger partial charge in [0, 0.05) is 12.8 Å². The molecule has 82 valence electrons. The van der Waals surface area contributed by atoms with Crippen LogP contribution < -0.4 is 0 Å². The monoisotopic (exact) mass is 196 g/mol. The summed E-state index contributed by atoms with van der Waals surface area (Å²) >= 11 is 0. The molecule has 1 rings (SSSR count). The van der Waals surface area contributed by atoms with E-state index in [0.29, 0.717) is 5.41 Å². The van der Waals surface area contributed by atoms with Crippen LogP contribution in [0.5, 0.6) is 0 Å². The Labute approximate surface area is 89.2 Å². The van der Waals surface area contributed by atoms with E-state index in [1.807, 2.05) is 0 Å². The van der Waals surface area contributed by atoms with Gasteiger partial charge in [-0.15, -0.1) is 0 Å². The molecule has 0 aliphatic carbocycles. The fraction of sp³-hybridized carbons (Fsp3) is 0.923. The largest absolute Gasteiger partial charge is 0.242 e. The fourth-order valence-electron chi connectivity index (χ4n) is 2.09. The Morgan fingerprint density at radius 3 is 2.43 bits per heavy atom. The summed E-state index contributed by atoms with van der Waals surface area (Å²) in [5.74, 6) is 0. The van der Waals surface area contributed by atoms with Crippen molar-refractivity contribution in [1.82, 2.24) is 0 Å². The number of hydrogen-bond acceptors (Lipinski definition) is 0. The molecule has 0 saturated carbocycles. The fourth-order valence-corrected chi connectivity index (χ4v) is 2.09. The lowest BCUT2D eigenvalue weighted by molar-refractivity contribution is -0.494. The maximum atomic E-state index is 2.40. The van der Waals surface area contributed by atoms with Gasteiger partial charge in [0.1, 0.15) is 19.8 Å². The summed E-state index contributed by atoms with van der Waals surface area (Å²) in [5, 5.41) is 0. The zero-order valence-corrected chi connectivity index (χ0v) is 10.2. The smallest absolute Gasteiger partial charge is 0.142 e. The van der Waals surface area contributed by atoms with Crippen molar-refractivity contribution in [3.8, 4) is 0 Å². The molecule has 0 amide bonds. The van der Waals surface area contributed by atoms with Crippen LogP contribution in [-0.2, 0) is 0 Å². The van der Waals surface area contributed by atoms with Crippen molar-refractivity contribution in [3.63, 3.8) is 0 Å². The van der Waals surface area contributed by atoms with Crippen LogP contribution in [-0.4, -0.2) is 24.4 Å². The first-order valence-electron chi connectivity index (χ1n) is 6.14. The Hall–Kier alpha value is -0.330. The van der Waals surface area contributed by atoms with Gasteiger partial charge in [-0.1, -0.05) is 33.1 Å². The van der Waals surface area contributed by atoms with E-state index in [4.69, 9.17) is 0 Å². The second-order valence-electron chi connectivity index (χ2n) is 5.55. The van der Waals surface area contributed by atoms with Gasteiger partial charge < -0.3 is 0 Å². The summed E-state index contributed by atoms with van der Waals surface area (Å²) in [6.07, 6.45) is 12.1. The molecular weight excluding hydrogens is 170 g/mol. The van der Waals surface area contributed by atoms with Crippen LogP contribution in [0.2, 0.25) is 0 Å². The van der Waals surface area contributed by atoms with Gasteiger partial charge >= 0.3 is 0 Å². The van der Waals surface area contributed by atoms with Crippen LogP contribution in [0.1, 0.15) is 58.8 Å². The lowest BCUT2D eigenvalue weighted by atomic mass is 9.84. The number of nitrogens with zero attached hydrogens (tertiary/aromatic N) is 1. The first kappa shape index (κ1) is 11.7. The minimum absolute atomic E-state index is 0.513. The standard InChI is InChI=1S/C13H26N/c1-13(2)9-7-5-4-6-8-11-14(3)12-10-13/h12H,4-11H2,1-3H3/q+1/b14-12-. The summed E-state index contributed by atoms with van der Waals surface area (Å²) < 4.78 is 2.38. The van der Waals surface area contributed by atoms with Crippen LogP contribution >= 0.6 is 0 Å². The molecule has 1 aliphatic rings. The predicted molar refractivity (Wildman–Crippen MR) is 63.2 cm³/mol. The molecule has 1 heterocycles. The van der Waals surface area contributed by atoms with E-state index in [9.17, 15) is 0 Å². The summed E-state index contributed by atoms with van der Waals surface area (Å²) in [6, 6.07) is 0. The lowest BCUT2D eigenvalue weighted by Crippen LogP contribution is -2.16. The molecule has 0 saturated heterocycles. The van der Waals surface area contributed by atoms with Crippen molar-refractivity contribution < 1.29 is 4.58 Å². The molecular formula is C13H26N+. The molecule has 1 heteroatoms. The first-order chi connectivity index (χ1) is 6.60. The van der Waals surface area contributed by atoms with E-state index in [1.165, 1.54) is 51.5 Å². The number of rotatable bonds is 0. The van der Waals surface area contributed by atoms with Gasteiger partial charge in [-0.25, -0.2) is 4.58 Å². The van der Waals surface area contributed by atoms with E-state index in [-0.39, 0.29) is 0 Å². The molecule has 14 heavy (non-hydrogen) atoms. The van der Waals surface area contributed by atoms with Crippen LogP contribution in [0, 0.1) is 5.41 Å². The SMILES string of the molecule is C/[N+]1=C/CC(C)(C)CCCCCCC1. The van der Waals surface area contributed by atoms with Crippen LogP contribution in [0.3, 0.4) is 0 Å². The maximum absolute atomic E-state index is 2.40. The zero-order chi connectivity index (χ0) is 10.4. The minimum Gasteiger partial charge on any atom is -0.242 e. The Kier molecular flexibility index (Phi) is 4.64. The van der Waals surface area contributed by atoms with E-state index in [0.717, 1.165) is 0 Å². The lowest BCUT2D eigenvalue weighted by Gasteiger charge is -2.21. The summed E-state index contributed by atoms with van der Waals surface area (Å²) in [6.45, 7) is 6.04. The Bertz CT molecular complexity index is 191. The number of hydrogen-bond donors (Lipinski definition) is 0. The molecule has 1 aliphatic heterocycles. The highest BCUT2D eigenvalue weighted by Gasteiger charge is 2.18. The van der Waals surface area contributed by atoms with Gasteiger partial charge in [-0.05, 0) is 18.3 Å². The molecule has 0 fully saturated rings. The average Bonchev–Trinajstić information content (AvgIpc) is 2.15. The highest BCUT2D eigenvalue weighted by molar-refractivity contribution is 5.52. The predicted octanol–water partition coefficient (Wildman–Crippen LogP) is 3.47. The summed E-state index contributed by atoms with van der Waals surface area (Å²) in [7, 11) is 2.22. The van der Waals surface area contributed by atoms with E-state index in [1.54, 1.807) is 0 Å². The zero-order valence-electron chi connectivity index (χ0n) is 10.2. The Balaban J connectivity index is 2.50. The van der Waals surface area contributed by atoms with Crippen molar-refractivity contribution in [2.24, 2.45) is 5.41 Å². The molecule has 0 radical (unpaired) electrons. The molecule has 0 bridgehead atoms. The third-order valence-electron chi connectivity index (χ3n) is 3.32. The van der Waals surface area contributed by atoms with Crippen LogP contribution in [0.4, 0.5) is 0 Å². The van der Waals surface area contributed by atoms with E-state index in [2.05, 4.69) is 31.7 Å². The van der Waals surface area contributed by atoms with Crippen molar-refractivity contribution in [1.29, 1.82) is 0 Å². The highest BCUT2D eigenvalue weighted by Crippen LogP contribution is 2.27. The van der Waals surface area contributed by atoms with Crippen molar-refractivity contribution >= 4 is 6.21 Å².